The smallest absolute Gasteiger partial charge is 0.310 e. The van der Waals surface area contributed by atoms with Crippen LogP contribution in [-0.4, -0.2) is 85.6 Å². The van der Waals surface area contributed by atoms with Gasteiger partial charge in [-0.3, -0.25) is 14.4 Å². The highest BCUT2D eigenvalue weighted by Crippen LogP contribution is 2.60. The lowest BCUT2D eigenvalue weighted by atomic mass is 9.70. The fourth-order valence-corrected chi connectivity index (χ4v) is 7.85. The highest BCUT2D eigenvalue weighted by molar-refractivity contribution is 9.09. The first-order valence-corrected chi connectivity index (χ1v) is 13.5. The monoisotopic (exact) mass is 540 g/mol. The number of likely N-dealkylation sites (tertiary alicyclic amines) is 1. The molecule has 3 heterocycles. The number of halogens is 1. The molecule has 0 aromatic rings. The van der Waals surface area contributed by atoms with Gasteiger partial charge in [-0.25, -0.2) is 0 Å². The Morgan fingerprint density at radius 3 is 2.59 bits per heavy atom. The largest absolute Gasteiger partial charge is 0.481 e. The Morgan fingerprint density at radius 2 is 2.03 bits per heavy atom. The van der Waals surface area contributed by atoms with Crippen molar-refractivity contribution in [3.05, 3.63) is 12.7 Å². The second-order valence-corrected chi connectivity index (χ2v) is 11.6. The molecule has 9 heteroatoms. The molecule has 1 spiro atoms. The number of amides is 2. The predicted octanol–water partition coefficient (Wildman–Crippen LogP) is 2.57. The Balaban J connectivity index is 1.81. The zero-order valence-corrected chi connectivity index (χ0v) is 21.7. The lowest BCUT2D eigenvalue weighted by molar-refractivity contribution is -0.155. The van der Waals surface area contributed by atoms with Crippen molar-refractivity contribution >= 4 is 33.7 Å². The molecule has 4 fully saturated rings. The molecule has 0 radical (unpaired) electrons. The van der Waals surface area contributed by atoms with Crippen LogP contribution in [0.5, 0.6) is 0 Å². The first-order chi connectivity index (χ1) is 16.2. The molecule has 0 aromatic carbocycles. The number of carboxylic acids is 1. The number of carboxylic acid groups (broad SMARTS) is 1. The number of hydrogen-bond acceptors (Lipinski definition) is 5. The summed E-state index contributed by atoms with van der Waals surface area (Å²) < 4.78 is 6.38. The van der Waals surface area contributed by atoms with Crippen molar-refractivity contribution in [2.45, 2.75) is 93.5 Å². The van der Waals surface area contributed by atoms with Gasteiger partial charge in [0.2, 0.25) is 11.8 Å². The minimum absolute atomic E-state index is 0.0523. The van der Waals surface area contributed by atoms with Crippen LogP contribution in [0, 0.1) is 17.8 Å². The molecule has 4 rings (SSSR count). The number of nitrogens with zero attached hydrogens (tertiary/aromatic N) is 2. The van der Waals surface area contributed by atoms with Gasteiger partial charge in [-0.2, -0.15) is 0 Å². The fourth-order valence-electron chi connectivity index (χ4n) is 6.91. The summed E-state index contributed by atoms with van der Waals surface area (Å²) in [6, 6.07) is -1.50. The molecule has 190 valence electrons. The Hall–Kier alpha value is -1.45. The first-order valence-electron chi connectivity index (χ1n) is 12.6. The molecular weight excluding hydrogens is 504 g/mol. The van der Waals surface area contributed by atoms with E-state index in [1.165, 1.54) is 4.90 Å². The Morgan fingerprint density at radius 1 is 1.35 bits per heavy atom. The summed E-state index contributed by atoms with van der Waals surface area (Å²) in [5.41, 5.74) is -1.22. The second kappa shape index (κ2) is 9.90. The lowest BCUT2D eigenvalue weighted by Crippen LogP contribution is -2.61. The van der Waals surface area contributed by atoms with Gasteiger partial charge in [0.15, 0.2) is 0 Å². The van der Waals surface area contributed by atoms with Crippen molar-refractivity contribution < 1.29 is 29.3 Å². The summed E-state index contributed by atoms with van der Waals surface area (Å²) in [4.78, 5) is 43.7. The van der Waals surface area contributed by atoms with Crippen LogP contribution in [0.25, 0.3) is 0 Å². The number of aliphatic hydroxyl groups is 1. The quantitative estimate of drug-likeness (QED) is 0.343. The Bertz CT molecular complexity index is 832. The van der Waals surface area contributed by atoms with E-state index in [-0.39, 0.29) is 35.2 Å². The van der Waals surface area contributed by atoms with Gasteiger partial charge in [0.1, 0.15) is 11.6 Å². The summed E-state index contributed by atoms with van der Waals surface area (Å²) in [7, 11) is 0. The molecule has 1 saturated carbocycles. The number of fused-ring (bicyclic) bond motifs is 1. The van der Waals surface area contributed by atoms with E-state index in [1.807, 2.05) is 18.7 Å². The maximum absolute atomic E-state index is 14.4. The van der Waals surface area contributed by atoms with Gasteiger partial charge in [0, 0.05) is 17.4 Å². The minimum Gasteiger partial charge on any atom is -0.481 e. The van der Waals surface area contributed by atoms with Gasteiger partial charge in [0.05, 0.1) is 30.6 Å². The van der Waals surface area contributed by atoms with Crippen LogP contribution in [0.2, 0.25) is 0 Å². The molecule has 4 aliphatic rings. The van der Waals surface area contributed by atoms with E-state index in [0.29, 0.717) is 19.4 Å². The topological polar surface area (TPSA) is 107 Å². The average Bonchev–Trinajstić information content (AvgIpc) is 3.42. The molecular formula is C25H37BrN2O6. The van der Waals surface area contributed by atoms with Crippen LogP contribution in [0.15, 0.2) is 12.7 Å². The van der Waals surface area contributed by atoms with Crippen molar-refractivity contribution in [1.29, 1.82) is 0 Å². The highest BCUT2D eigenvalue weighted by Gasteiger charge is 2.77. The third-order valence-corrected chi connectivity index (χ3v) is 9.56. The molecule has 2 amide bonds. The van der Waals surface area contributed by atoms with Crippen LogP contribution in [0.1, 0.15) is 58.8 Å². The molecule has 2 bridgehead atoms. The summed E-state index contributed by atoms with van der Waals surface area (Å²) in [5, 5.41) is 20.4. The van der Waals surface area contributed by atoms with Crippen LogP contribution < -0.4 is 0 Å². The van der Waals surface area contributed by atoms with Gasteiger partial charge in [0.25, 0.3) is 0 Å². The molecule has 0 aromatic heterocycles. The van der Waals surface area contributed by atoms with E-state index in [0.717, 1.165) is 32.1 Å². The van der Waals surface area contributed by atoms with E-state index >= 15 is 0 Å². The number of rotatable bonds is 9. The van der Waals surface area contributed by atoms with E-state index in [4.69, 9.17) is 4.74 Å². The maximum Gasteiger partial charge on any atom is 0.310 e. The van der Waals surface area contributed by atoms with Crippen molar-refractivity contribution in [1.82, 2.24) is 9.80 Å². The average molecular weight is 541 g/mol. The number of carbonyl (C=O) groups is 3. The number of hydrogen-bond donors (Lipinski definition) is 2. The summed E-state index contributed by atoms with van der Waals surface area (Å²) in [6.45, 7) is 7.85. The van der Waals surface area contributed by atoms with Gasteiger partial charge < -0.3 is 24.7 Å². The highest BCUT2D eigenvalue weighted by atomic mass is 79.9. The van der Waals surface area contributed by atoms with Crippen molar-refractivity contribution in [3.63, 3.8) is 0 Å². The fraction of sp³-hybridized carbons (Fsp3) is 0.800. The Kier molecular flexibility index (Phi) is 7.46. The molecule has 1 unspecified atom stereocenters. The summed E-state index contributed by atoms with van der Waals surface area (Å²) >= 11 is 3.58. The van der Waals surface area contributed by atoms with E-state index in [9.17, 15) is 24.6 Å². The van der Waals surface area contributed by atoms with Crippen molar-refractivity contribution in [2.24, 2.45) is 17.8 Å². The van der Waals surface area contributed by atoms with Crippen molar-refractivity contribution in [2.75, 3.05) is 13.2 Å². The second-order valence-electron chi connectivity index (χ2n) is 10.5. The molecule has 3 saturated heterocycles. The predicted molar refractivity (Wildman–Crippen MR) is 129 cm³/mol. The summed E-state index contributed by atoms with van der Waals surface area (Å²) in [6.07, 6.45) is 7.16. The maximum atomic E-state index is 14.4. The van der Waals surface area contributed by atoms with E-state index < -0.39 is 41.6 Å². The van der Waals surface area contributed by atoms with Crippen LogP contribution in [0.4, 0.5) is 0 Å². The standard InChI is InChI=1S/C25H37BrN2O6/c1-4-11-27(15-9-7-6-8-10-15)23(31)21-25-12-16(26)20(34-25)18(24(32)33)19(25)22(30)28(21)17(13-29)14(3)5-2/h4,14-21,29H,1,5-13H2,2-3H3,(H,32,33)/t14-,16?,17-,18-,19+,20-,21-,25+/m0/s1. The number of alkyl halides is 1. The van der Waals surface area contributed by atoms with Crippen LogP contribution in [0.3, 0.4) is 0 Å². The molecule has 8 atom stereocenters. The number of carbonyl (C=O) groups excluding carboxylic acids is 2. The Labute approximate surface area is 209 Å². The normalized spacial score (nSPS) is 36.9. The number of aliphatic carboxylic acids is 1. The zero-order chi connectivity index (χ0) is 24.8. The third kappa shape index (κ3) is 3.82. The zero-order valence-electron chi connectivity index (χ0n) is 20.1. The molecule has 2 N–H and O–H groups in total. The molecule has 3 aliphatic heterocycles. The van der Waals surface area contributed by atoms with Gasteiger partial charge in [-0.05, 0) is 25.2 Å². The molecule has 8 nitrogen and oxygen atoms in total. The SMILES string of the molecule is C=CCN(C(=O)[C@@H]1N([C@@H](CO)[C@@H](C)CC)C(=O)[C@H]2[C@H](C(=O)O)[C@H]3O[C@@]12CC3Br)C1CCCCC1. The molecule has 1 aliphatic carbocycles. The molecule has 34 heavy (non-hydrogen) atoms. The van der Waals surface area contributed by atoms with Crippen LogP contribution >= 0.6 is 15.9 Å². The first kappa shape index (κ1) is 25.6. The van der Waals surface area contributed by atoms with Gasteiger partial charge >= 0.3 is 5.97 Å². The number of aliphatic hydroxyl groups excluding tert-OH is 1. The minimum atomic E-state index is -1.22. The van der Waals surface area contributed by atoms with Crippen molar-refractivity contribution in [3.8, 4) is 0 Å². The van der Waals surface area contributed by atoms with E-state index in [1.54, 1.807) is 6.08 Å². The van der Waals surface area contributed by atoms with Gasteiger partial charge in [-0.1, -0.05) is 61.5 Å². The number of ether oxygens (including phenoxy) is 1. The third-order valence-electron chi connectivity index (χ3n) is 8.72. The lowest BCUT2D eigenvalue weighted by Gasteiger charge is -2.43. The van der Waals surface area contributed by atoms with Crippen LogP contribution in [-0.2, 0) is 19.1 Å². The summed E-state index contributed by atoms with van der Waals surface area (Å²) in [5.74, 6) is -3.70. The van der Waals surface area contributed by atoms with Gasteiger partial charge in [-0.15, -0.1) is 6.58 Å². The van der Waals surface area contributed by atoms with E-state index in [2.05, 4.69) is 22.5 Å².